The summed E-state index contributed by atoms with van der Waals surface area (Å²) in [5, 5.41) is 28.9. The molecule has 11 rings (SSSR count). The molecule has 5 heteroatoms. The van der Waals surface area contributed by atoms with Crippen LogP contribution in [-0.4, -0.2) is 9.13 Å². The van der Waals surface area contributed by atoms with E-state index >= 15 is 0 Å². The number of aromatic nitrogens is 2. The number of nitrogens with zero attached hydrogens (tertiary/aromatic N) is 5. The normalized spacial score (nSPS) is 13.3. The van der Waals surface area contributed by atoms with Crippen molar-refractivity contribution in [3.8, 4) is 34.6 Å². The van der Waals surface area contributed by atoms with Crippen LogP contribution in [0.3, 0.4) is 0 Å². The number of allylic oxidation sites excluding steroid dienone is 3. The fraction of sp³-hybridized carbons (Fsp3) is 0.0877. The Kier molecular flexibility index (Phi) is 8.33. The lowest BCUT2D eigenvalue weighted by molar-refractivity contribution is 0.661. The van der Waals surface area contributed by atoms with Crippen molar-refractivity contribution in [1.29, 1.82) is 10.5 Å². The van der Waals surface area contributed by atoms with Gasteiger partial charge >= 0.3 is 0 Å². The zero-order valence-electron chi connectivity index (χ0n) is 35.0. The predicted octanol–water partition coefficient (Wildman–Crippen LogP) is 14.7. The van der Waals surface area contributed by atoms with Crippen LogP contribution in [0.1, 0.15) is 49.9 Å². The fourth-order valence-corrected chi connectivity index (χ4v) is 10.2. The summed E-state index contributed by atoms with van der Waals surface area (Å²) < 4.78 is 4.37. The van der Waals surface area contributed by atoms with Gasteiger partial charge in [-0.3, -0.25) is 0 Å². The van der Waals surface area contributed by atoms with Crippen LogP contribution in [0.4, 0.5) is 11.4 Å². The third-order valence-corrected chi connectivity index (χ3v) is 13.0. The van der Waals surface area contributed by atoms with E-state index in [1.165, 1.54) is 22.3 Å². The van der Waals surface area contributed by atoms with Crippen molar-refractivity contribution in [2.24, 2.45) is 0 Å². The largest absolute Gasteiger partial charge is 0.311 e. The number of fused-ring (bicyclic) bond motifs is 11. The van der Waals surface area contributed by atoms with Gasteiger partial charge in [-0.05, 0) is 120 Å². The zero-order valence-corrected chi connectivity index (χ0v) is 35.0. The van der Waals surface area contributed by atoms with E-state index < -0.39 is 0 Å². The number of hydrogen-bond donors (Lipinski definition) is 0. The number of para-hydroxylation sites is 2. The van der Waals surface area contributed by atoms with Crippen LogP contribution in [0.25, 0.3) is 76.9 Å². The van der Waals surface area contributed by atoms with E-state index in [4.69, 9.17) is 0 Å². The van der Waals surface area contributed by atoms with Crippen molar-refractivity contribution >= 4 is 65.8 Å². The van der Waals surface area contributed by atoms with Crippen molar-refractivity contribution < 1.29 is 0 Å². The maximum atomic E-state index is 11.1. The van der Waals surface area contributed by atoms with Crippen LogP contribution in [0.5, 0.6) is 0 Å². The van der Waals surface area contributed by atoms with Gasteiger partial charge in [-0.2, -0.15) is 10.5 Å². The standard InChI is InChI=1S/C57H41N5/c1-5-16-39(6-2)60(40-18-8-7-9-19-40)41-26-28-51-47(31-41)56-42-20-11-10-17-36(42)25-27-52(56)61(51)53-29-38(35-59)54(30-37(53)34-58)62-50-24-15-13-22-44(50)46-32-45-43-21-12-14-23-48(43)57(3,4)49(45)33-55(46)62/h5-33H,1-4H3/b16-5-,39-6+. The molecule has 294 valence electrons. The molecule has 2 aromatic heterocycles. The maximum absolute atomic E-state index is 11.1. The van der Waals surface area contributed by atoms with Crippen molar-refractivity contribution in [2.45, 2.75) is 33.1 Å². The van der Waals surface area contributed by atoms with Gasteiger partial charge in [0.15, 0.2) is 0 Å². The third kappa shape index (κ3) is 5.25. The van der Waals surface area contributed by atoms with Crippen molar-refractivity contribution in [1.82, 2.24) is 9.13 Å². The summed E-state index contributed by atoms with van der Waals surface area (Å²) in [5.41, 5.74) is 14.2. The Morgan fingerprint density at radius 1 is 0.532 bits per heavy atom. The molecule has 2 heterocycles. The van der Waals surface area contributed by atoms with Crippen LogP contribution in [0.2, 0.25) is 0 Å². The highest BCUT2D eigenvalue weighted by atomic mass is 15.1. The quantitative estimate of drug-likeness (QED) is 0.158. The van der Waals surface area contributed by atoms with Gasteiger partial charge in [-0.1, -0.05) is 117 Å². The first-order valence-electron chi connectivity index (χ1n) is 21.1. The Morgan fingerprint density at radius 3 is 1.92 bits per heavy atom. The van der Waals surface area contributed by atoms with Gasteiger partial charge in [0.2, 0.25) is 0 Å². The third-order valence-electron chi connectivity index (χ3n) is 13.0. The number of anilines is 2. The summed E-state index contributed by atoms with van der Waals surface area (Å²) in [4.78, 5) is 2.28. The lowest BCUT2D eigenvalue weighted by Gasteiger charge is -2.26. The molecule has 0 unspecified atom stereocenters. The highest BCUT2D eigenvalue weighted by molar-refractivity contribution is 6.22. The molecule has 5 nitrogen and oxygen atoms in total. The second-order valence-electron chi connectivity index (χ2n) is 16.7. The minimum Gasteiger partial charge on any atom is -0.311 e. The second-order valence-corrected chi connectivity index (χ2v) is 16.7. The molecule has 1 aliphatic rings. The zero-order chi connectivity index (χ0) is 42.3. The first-order valence-corrected chi connectivity index (χ1v) is 21.1. The molecule has 1 aliphatic carbocycles. The number of rotatable bonds is 6. The summed E-state index contributed by atoms with van der Waals surface area (Å²) in [6.07, 6.45) is 6.32. The SMILES string of the molecule is C/C=C\C(=C/C)N(c1ccccc1)c1ccc2c(c1)c1c3ccccc3ccc1n2-c1cc(C#N)c(-n2c3ccccc3c3cc4c(cc32)C(C)(C)c2ccccc2-4)cc1C#N. The topological polar surface area (TPSA) is 60.7 Å². The second kappa shape index (κ2) is 14.0. The molecule has 0 saturated carbocycles. The highest BCUT2D eigenvalue weighted by Crippen LogP contribution is 2.51. The Balaban J connectivity index is 1.18. The van der Waals surface area contributed by atoms with Crippen LogP contribution in [-0.2, 0) is 5.41 Å². The van der Waals surface area contributed by atoms with Gasteiger partial charge in [-0.25, -0.2) is 0 Å². The Hall–Kier alpha value is -8.12. The van der Waals surface area contributed by atoms with Gasteiger partial charge in [-0.15, -0.1) is 0 Å². The minimum atomic E-state index is -0.207. The number of nitriles is 2. The lowest BCUT2D eigenvalue weighted by atomic mass is 9.82. The minimum absolute atomic E-state index is 0.207. The van der Waals surface area contributed by atoms with Crippen LogP contribution in [0.15, 0.2) is 182 Å². The molecule has 8 aromatic carbocycles. The van der Waals surface area contributed by atoms with E-state index in [0.29, 0.717) is 22.5 Å². The Morgan fingerprint density at radius 2 is 1.18 bits per heavy atom. The van der Waals surface area contributed by atoms with Gasteiger partial charge in [0.1, 0.15) is 12.1 Å². The number of hydrogen-bond acceptors (Lipinski definition) is 3. The van der Waals surface area contributed by atoms with E-state index in [-0.39, 0.29) is 5.41 Å². The first-order chi connectivity index (χ1) is 30.4. The molecule has 62 heavy (non-hydrogen) atoms. The van der Waals surface area contributed by atoms with Gasteiger partial charge in [0.05, 0.1) is 44.6 Å². The van der Waals surface area contributed by atoms with Gasteiger partial charge < -0.3 is 14.0 Å². The van der Waals surface area contributed by atoms with Crippen LogP contribution >= 0.6 is 0 Å². The molecule has 0 radical (unpaired) electrons. The molecule has 0 fully saturated rings. The average Bonchev–Trinajstić information content (AvgIpc) is 3.90. The van der Waals surface area contributed by atoms with Crippen LogP contribution < -0.4 is 4.90 Å². The van der Waals surface area contributed by atoms with Crippen molar-refractivity contribution in [3.63, 3.8) is 0 Å². The average molecular weight is 796 g/mol. The Labute approximate surface area is 360 Å². The Bertz CT molecular complexity index is 3650. The smallest absolute Gasteiger partial charge is 0.101 e. The first kappa shape index (κ1) is 36.9. The van der Waals surface area contributed by atoms with Gasteiger partial charge in [0, 0.05) is 44.0 Å². The van der Waals surface area contributed by atoms with E-state index in [1.807, 2.05) is 31.2 Å². The molecular formula is C57H41N5. The van der Waals surface area contributed by atoms with E-state index in [9.17, 15) is 10.5 Å². The molecular weight excluding hydrogens is 755 g/mol. The van der Waals surface area contributed by atoms with E-state index in [2.05, 4.69) is 199 Å². The molecule has 0 atom stereocenters. The summed E-state index contributed by atoms with van der Waals surface area (Å²) in [6, 6.07) is 60.5. The summed E-state index contributed by atoms with van der Waals surface area (Å²) in [6.45, 7) is 8.68. The molecule has 10 aromatic rings. The molecule has 0 aliphatic heterocycles. The summed E-state index contributed by atoms with van der Waals surface area (Å²) in [7, 11) is 0. The molecule has 0 saturated heterocycles. The molecule has 0 amide bonds. The summed E-state index contributed by atoms with van der Waals surface area (Å²) in [5.74, 6) is 0. The maximum Gasteiger partial charge on any atom is 0.101 e. The van der Waals surface area contributed by atoms with Crippen molar-refractivity contribution in [3.05, 3.63) is 204 Å². The summed E-state index contributed by atoms with van der Waals surface area (Å²) >= 11 is 0. The predicted molar refractivity (Wildman–Crippen MR) is 257 cm³/mol. The highest BCUT2D eigenvalue weighted by Gasteiger charge is 2.36. The van der Waals surface area contributed by atoms with Crippen LogP contribution in [0, 0.1) is 22.7 Å². The lowest BCUT2D eigenvalue weighted by Crippen LogP contribution is -2.15. The van der Waals surface area contributed by atoms with Crippen molar-refractivity contribution in [2.75, 3.05) is 4.90 Å². The molecule has 0 N–H and O–H groups in total. The molecule has 0 spiro atoms. The fourth-order valence-electron chi connectivity index (χ4n) is 10.2. The van der Waals surface area contributed by atoms with E-state index in [0.717, 1.165) is 71.5 Å². The number of benzene rings is 8. The monoisotopic (exact) mass is 795 g/mol. The molecule has 0 bridgehead atoms. The van der Waals surface area contributed by atoms with Gasteiger partial charge in [0.25, 0.3) is 0 Å². The van der Waals surface area contributed by atoms with E-state index in [1.54, 1.807) is 0 Å².